The average molecular weight is 273 g/mol. The van der Waals surface area contributed by atoms with E-state index < -0.39 is 0 Å². The molecule has 4 rings (SSSR count). The largest absolute Gasteiger partial charge is 0.424 e. The van der Waals surface area contributed by atoms with Gasteiger partial charge in [-0.25, -0.2) is 0 Å². The molecule has 0 spiro atoms. The van der Waals surface area contributed by atoms with Crippen molar-refractivity contribution in [1.29, 1.82) is 0 Å². The Hall–Kier alpha value is -1.62. The molecule has 1 fully saturated rings. The second-order valence-corrected chi connectivity index (χ2v) is 6.08. The summed E-state index contributed by atoms with van der Waals surface area (Å²) in [5, 5.41) is 5.50. The van der Waals surface area contributed by atoms with Crippen LogP contribution in [0.1, 0.15) is 18.4 Å². The van der Waals surface area contributed by atoms with Gasteiger partial charge in [0.2, 0.25) is 0 Å². The SMILES string of the molecule is Cc1ccc2oc(NC3SC=CN3C3CC3)nc2c1. The van der Waals surface area contributed by atoms with Gasteiger partial charge in [-0.2, -0.15) is 4.98 Å². The Morgan fingerprint density at radius 2 is 2.32 bits per heavy atom. The van der Waals surface area contributed by atoms with E-state index in [4.69, 9.17) is 4.42 Å². The van der Waals surface area contributed by atoms with Crippen LogP contribution < -0.4 is 5.32 Å². The summed E-state index contributed by atoms with van der Waals surface area (Å²) in [5.74, 6) is 0. The Morgan fingerprint density at radius 3 is 3.16 bits per heavy atom. The summed E-state index contributed by atoms with van der Waals surface area (Å²) in [5.41, 5.74) is 3.16. The second-order valence-electron chi connectivity index (χ2n) is 5.09. The van der Waals surface area contributed by atoms with Crippen LogP contribution in [0.25, 0.3) is 11.1 Å². The molecule has 0 radical (unpaired) electrons. The van der Waals surface area contributed by atoms with Gasteiger partial charge in [-0.3, -0.25) is 0 Å². The summed E-state index contributed by atoms with van der Waals surface area (Å²) < 4.78 is 5.74. The number of aryl methyl sites for hydroxylation is 1. The first-order valence-corrected chi connectivity index (χ1v) is 7.47. The fourth-order valence-electron chi connectivity index (χ4n) is 2.33. The molecule has 4 nitrogen and oxygen atoms in total. The average Bonchev–Trinajstić information content (AvgIpc) is 3.00. The molecule has 1 aliphatic heterocycles. The van der Waals surface area contributed by atoms with Crippen LogP contribution in [-0.2, 0) is 0 Å². The summed E-state index contributed by atoms with van der Waals surface area (Å²) >= 11 is 1.76. The summed E-state index contributed by atoms with van der Waals surface area (Å²) in [4.78, 5) is 6.86. The number of thioether (sulfide) groups is 1. The maximum Gasteiger partial charge on any atom is 0.298 e. The van der Waals surface area contributed by atoms with Gasteiger partial charge in [0.25, 0.3) is 6.01 Å². The molecule has 1 unspecified atom stereocenters. The quantitative estimate of drug-likeness (QED) is 0.926. The number of rotatable bonds is 3. The van der Waals surface area contributed by atoms with Gasteiger partial charge in [0, 0.05) is 12.2 Å². The van der Waals surface area contributed by atoms with Gasteiger partial charge in [0.1, 0.15) is 5.52 Å². The molecular weight excluding hydrogens is 258 g/mol. The van der Waals surface area contributed by atoms with Crippen molar-refractivity contribution in [3.63, 3.8) is 0 Å². The van der Waals surface area contributed by atoms with Gasteiger partial charge < -0.3 is 14.6 Å². The molecule has 2 aliphatic rings. The molecule has 0 saturated heterocycles. The topological polar surface area (TPSA) is 41.3 Å². The molecule has 19 heavy (non-hydrogen) atoms. The van der Waals surface area contributed by atoms with Gasteiger partial charge in [-0.1, -0.05) is 17.8 Å². The van der Waals surface area contributed by atoms with E-state index in [0.29, 0.717) is 12.1 Å². The molecule has 1 aromatic carbocycles. The Labute approximate surface area is 115 Å². The predicted molar refractivity (Wildman–Crippen MR) is 77.7 cm³/mol. The molecular formula is C14H15N3OS. The Bertz CT molecular complexity index is 647. The first-order valence-electron chi connectivity index (χ1n) is 6.53. The number of hydrogen-bond donors (Lipinski definition) is 1. The van der Waals surface area contributed by atoms with Crippen molar-refractivity contribution in [2.24, 2.45) is 0 Å². The molecule has 5 heteroatoms. The van der Waals surface area contributed by atoms with E-state index in [-0.39, 0.29) is 5.50 Å². The van der Waals surface area contributed by atoms with Gasteiger partial charge in [0.05, 0.1) is 0 Å². The minimum atomic E-state index is 0.210. The van der Waals surface area contributed by atoms with Crippen molar-refractivity contribution in [1.82, 2.24) is 9.88 Å². The number of aromatic nitrogens is 1. The van der Waals surface area contributed by atoms with E-state index in [1.54, 1.807) is 11.8 Å². The van der Waals surface area contributed by atoms with Gasteiger partial charge in [-0.15, -0.1) is 0 Å². The Kier molecular flexibility index (Phi) is 2.48. The van der Waals surface area contributed by atoms with Crippen LogP contribution in [0.2, 0.25) is 0 Å². The number of nitrogens with zero attached hydrogens (tertiary/aromatic N) is 2. The highest BCUT2D eigenvalue weighted by Crippen LogP contribution is 2.37. The second kappa shape index (κ2) is 4.20. The third-order valence-electron chi connectivity index (χ3n) is 3.47. The van der Waals surface area contributed by atoms with Crippen molar-refractivity contribution in [3.05, 3.63) is 35.4 Å². The van der Waals surface area contributed by atoms with E-state index in [1.807, 2.05) is 18.2 Å². The molecule has 1 N–H and O–H groups in total. The van der Waals surface area contributed by atoms with Crippen LogP contribution in [0, 0.1) is 6.92 Å². The first kappa shape index (κ1) is 11.2. The van der Waals surface area contributed by atoms with Crippen molar-refractivity contribution in [2.75, 3.05) is 5.32 Å². The molecule has 0 bridgehead atoms. The lowest BCUT2D eigenvalue weighted by atomic mass is 10.2. The number of oxazole rings is 1. The maximum absolute atomic E-state index is 5.74. The lowest BCUT2D eigenvalue weighted by Crippen LogP contribution is -2.33. The summed E-state index contributed by atoms with van der Waals surface area (Å²) in [6.07, 6.45) is 4.73. The van der Waals surface area contributed by atoms with E-state index in [0.717, 1.165) is 11.1 Å². The van der Waals surface area contributed by atoms with Crippen molar-refractivity contribution >= 4 is 28.9 Å². The highest BCUT2D eigenvalue weighted by molar-refractivity contribution is 8.03. The van der Waals surface area contributed by atoms with Crippen molar-refractivity contribution < 1.29 is 4.42 Å². The summed E-state index contributed by atoms with van der Waals surface area (Å²) in [6.45, 7) is 2.06. The zero-order valence-corrected chi connectivity index (χ0v) is 11.5. The minimum Gasteiger partial charge on any atom is -0.424 e. The Balaban J connectivity index is 1.57. The number of anilines is 1. The first-order chi connectivity index (χ1) is 9.29. The Morgan fingerprint density at radius 1 is 1.42 bits per heavy atom. The fourth-order valence-corrected chi connectivity index (χ4v) is 3.24. The maximum atomic E-state index is 5.74. The number of fused-ring (bicyclic) bond motifs is 1. The zero-order valence-electron chi connectivity index (χ0n) is 10.7. The van der Waals surface area contributed by atoms with Gasteiger partial charge in [-0.05, 0) is 42.9 Å². The molecule has 0 amide bonds. The standard InChI is InChI=1S/C14H15N3OS/c1-9-2-5-12-11(8-9)15-13(18-12)16-14-17(6-7-19-14)10-3-4-10/h2,5-8,10,14H,3-4H2,1H3,(H,15,16). The highest BCUT2D eigenvalue weighted by atomic mass is 32.2. The number of hydrogen-bond acceptors (Lipinski definition) is 5. The normalized spacial score (nSPS) is 22.4. The van der Waals surface area contributed by atoms with Crippen LogP contribution in [0.4, 0.5) is 6.01 Å². The molecule has 1 aromatic heterocycles. The zero-order chi connectivity index (χ0) is 12.8. The van der Waals surface area contributed by atoms with Crippen LogP contribution in [-0.4, -0.2) is 21.4 Å². The fraction of sp³-hybridized carbons (Fsp3) is 0.357. The molecule has 98 valence electrons. The van der Waals surface area contributed by atoms with Crippen molar-refractivity contribution in [2.45, 2.75) is 31.3 Å². The molecule has 1 saturated carbocycles. The van der Waals surface area contributed by atoms with Gasteiger partial charge in [0.15, 0.2) is 11.1 Å². The number of benzene rings is 1. The molecule has 2 aromatic rings. The van der Waals surface area contributed by atoms with E-state index in [1.165, 1.54) is 18.4 Å². The van der Waals surface area contributed by atoms with E-state index in [9.17, 15) is 0 Å². The minimum absolute atomic E-state index is 0.210. The third kappa shape index (κ3) is 2.08. The molecule has 2 heterocycles. The van der Waals surface area contributed by atoms with Crippen LogP contribution in [0.15, 0.2) is 34.2 Å². The molecule has 1 aliphatic carbocycles. The monoisotopic (exact) mass is 273 g/mol. The predicted octanol–water partition coefficient (Wildman–Crippen LogP) is 3.51. The van der Waals surface area contributed by atoms with E-state index >= 15 is 0 Å². The van der Waals surface area contributed by atoms with E-state index in [2.05, 4.69) is 33.7 Å². The van der Waals surface area contributed by atoms with Gasteiger partial charge >= 0.3 is 0 Å². The lowest BCUT2D eigenvalue weighted by Gasteiger charge is -2.24. The highest BCUT2D eigenvalue weighted by Gasteiger charge is 2.34. The number of nitrogens with one attached hydrogen (secondary N) is 1. The van der Waals surface area contributed by atoms with Crippen LogP contribution in [0.3, 0.4) is 0 Å². The third-order valence-corrected chi connectivity index (χ3v) is 4.37. The van der Waals surface area contributed by atoms with Crippen LogP contribution >= 0.6 is 11.8 Å². The van der Waals surface area contributed by atoms with Crippen LogP contribution in [0.5, 0.6) is 0 Å². The smallest absolute Gasteiger partial charge is 0.298 e. The lowest BCUT2D eigenvalue weighted by molar-refractivity contribution is 0.368. The molecule has 1 atom stereocenters. The summed E-state index contributed by atoms with van der Waals surface area (Å²) in [7, 11) is 0. The van der Waals surface area contributed by atoms with Crippen molar-refractivity contribution in [3.8, 4) is 0 Å². The summed E-state index contributed by atoms with van der Waals surface area (Å²) in [6, 6.07) is 7.35.